The smallest absolute Gasteiger partial charge is 0.382 e. The molecule has 1 amide bonds. The van der Waals surface area contributed by atoms with Crippen LogP contribution < -0.4 is 10.2 Å². The monoisotopic (exact) mass is 573 g/mol. The number of benzene rings is 2. The molecule has 2 aliphatic heterocycles. The average Bonchev–Trinajstić information content (AvgIpc) is 2.87. The van der Waals surface area contributed by atoms with Gasteiger partial charge in [-0.05, 0) is 43.2 Å². The van der Waals surface area contributed by atoms with Crippen LogP contribution in [0.1, 0.15) is 24.8 Å². The van der Waals surface area contributed by atoms with Crippen molar-refractivity contribution in [1.29, 1.82) is 0 Å². The van der Waals surface area contributed by atoms with E-state index < -0.39 is 22.4 Å². The van der Waals surface area contributed by atoms with Crippen molar-refractivity contribution in [3.63, 3.8) is 0 Å². The Morgan fingerprint density at radius 1 is 1.03 bits per heavy atom. The fourth-order valence-corrected chi connectivity index (χ4v) is 5.42. The van der Waals surface area contributed by atoms with Gasteiger partial charge in [-0.3, -0.25) is 14.9 Å². The second-order valence-electron chi connectivity index (χ2n) is 9.46. The van der Waals surface area contributed by atoms with Crippen molar-refractivity contribution in [2.75, 3.05) is 56.0 Å². The van der Waals surface area contributed by atoms with Gasteiger partial charge in [-0.25, -0.2) is 0 Å². The molecule has 2 saturated heterocycles. The first-order valence-electron chi connectivity index (χ1n) is 12.3. The van der Waals surface area contributed by atoms with Gasteiger partial charge in [0.05, 0.1) is 15.6 Å². The van der Waals surface area contributed by atoms with Crippen LogP contribution in [0.2, 0.25) is 10.0 Å². The van der Waals surface area contributed by atoms with E-state index in [0.29, 0.717) is 75.1 Å². The number of nitro benzene ring substituents is 1. The number of nitrogens with zero attached hydrogens (tertiary/aromatic N) is 4. The molecule has 4 rings (SSSR count). The van der Waals surface area contributed by atoms with Crippen molar-refractivity contribution in [3.8, 4) is 0 Å². The van der Waals surface area contributed by atoms with Gasteiger partial charge in [-0.2, -0.15) is 13.2 Å². The summed E-state index contributed by atoms with van der Waals surface area (Å²) in [6.07, 6.45) is -3.04. The lowest BCUT2D eigenvalue weighted by Gasteiger charge is -2.37. The Balaban J connectivity index is 1.21. The predicted octanol–water partition coefficient (Wildman–Crippen LogP) is 5.54. The maximum absolute atomic E-state index is 13.2. The Bertz CT molecular complexity index is 1170. The van der Waals surface area contributed by atoms with E-state index >= 15 is 0 Å². The zero-order chi connectivity index (χ0) is 27.4. The summed E-state index contributed by atoms with van der Waals surface area (Å²) in [5.74, 6) is 0.0951. The van der Waals surface area contributed by atoms with Gasteiger partial charge in [-0.1, -0.05) is 23.2 Å². The van der Waals surface area contributed by atoms with E-state index in [4.69, 9.17) is 23.2 Å². The summed E-state index contributed by atoms with van der Waals surface area (Å²) in [4.78, 5) is 28.9. The van der Waals surface area contributed by atoms with Crippen LogP contribution in [-0.2, 0) is 11.0 Å². The summed E-state index contributed by atoms with van der Waals surface area (Å²) in [6, 6.07) is 8.32. The largest absolute Gasteiger partial charge is 0.423 e. The highest BCUT2D eigenvalue weighted by Crippen LogP contribution is 2.38. The van der Waals surface area contributed by atoms with Gasteiger partial charge in [0.15, 0.2) is 0 Å². The van der Waals surface area contributed by atoms with Crippen molar-refractivity contribution >= 4 is 46.2 Å². The number of piperazine rings is 1. The van der Waals surface area contributed by atoms with Crippen molar-refractivity contribution in [2.45, 2.75) is 31.5 Å². The van der Waals surface area contributed by atoms with Gasteiger partial charge >= 0.3 is 6.18 Å². The average molecular weight is 574 g/mol. The van der Waals surface area contributed by atoms with Crippen LogP contribution in [0.5, 0.6) is 0 Å². The molecule has 8 nitrogen and oxygen atoms in total. The first-order valence-corrected chi connectivity index (χ1v) is 13.1. The molecule has 13 heteroatoms. The maximum atomic E-state index is 13.2. The second-order valence-corrected chi connectivity index (χ2v) is 10.3. The summed E-state index contributed by atoms with van der Waals surface area (Å²) >= 11 is 12.3. The molecule has 0 bridgehead atoms. The third-order valence-corrected chi connectivity index (χ3v) is 7.52. The molecule has 2 fully saturated rings. The molecule has 0 saturated carbocycles. The van der Waals surface area contributed by atoms with E-state index in [1.165, 1.54) is 6.07 Å². The van der Waals surface area contributed by atoms with Crippen LogP contribution in [0.25, 0.3) is 0 Å². The van der Waals surface area contributed by atoms with Crippen LogP contribution >= 0.6 is 23.2 Å². The molecule has 2 heterocycles. The van der Waals surface area contributed by atoms with E-state index in [1.807, 2.05) is 11.0 Å². The SMILES string of the molecule is O=C(CCN1CCC(Nc2ccc([N+](=O)[O-])c(C(F)(F)F)c2)CC1)N1CCN(c2ccc(Cl)cc2Cl)CC1. The molecule has 0 aliphatic carbocycles. The topological polar surface area (TPSA) is 82.0 Å². The number of carbonyl (C=O) groups is 1. The van der Waals surface area contributed by atoms with Crippen LogP contribution in [0.15, 0.2) is 36.4 Å². The molecular weight excluding hydrogens is 546 g/mol. The summed E-state index contributed by atoms with van der Waals surface area (Å²) in [5, 5.41) is 15.2. The van der Waals surface area contributed by atoms with Gasteiger partial charge in [0.2, 0.25) is 5.91 Å². The molecule has 0 aromatic heterocycles. The summed E-state index contributed by atoms with van der Waals surface area (Å²) in [7, 11) is 0. The van der Waals surface area contributed by atoms with Gasteiger partial charge in [0.25, 0.3) is 5.69 Å². The number of alkyl halides is 3. The highest BCUT2D eigenvalue weighted by Gasteiger charge is 2.38. The Labute approximate surface area is 228 Å². The number of carbonyl (C=O) groups excluding carboxylic acids is 1. The number of halogens is 5. The molecular formula is C25H28Cl2F3N5O3. The molecule has 1 N–H and O–H groups in total. The molecule has 0 spiro atoms. The number of amides is 1. The van der Waals surface area contributed by atoms with E-state index in [9.17, 15) is 28.1 Å². The van der Waals surface area contributed by atoms with E-state index in [-0.39, 0.29) is 17.6 Å². The standard InChI is InChI=1S/C25H28Cl2F3N5O3/c26-17-1-3-23(21(27)15-17)33-11-13-34(14-12-33)24(36)7-10-32-8-5-18(6-9-32)31-19-2-4-22(35(37)38)20(16-19)25(28,29)30/h1-4,15-16,18,31H,5-14H2. The van der Waals surface area contributed by atoms with Crippen molar-refractivity contribution in [3.05, 3.63) is 62.1 Å². The number of hydrogen-bond acceptors (Lipinski definition) is 6. The summed E-state index contributed by atoms with van der Waals surface area (Å²) in [5.41, 5.74) is -1.11. The first kappa shape index (κ1) is 28.3. The first-order chi connectivity index (χ1) is 18.0. The number of rotatable bonds is 7. The molecule has 2 aliphatic rings. The number of nitro groups is 1. The van der Waals surface area contributed by atoms with Gasteiger partial charge in [0.1, 0.15) is 5.56 Å². The van der Waals surface area contributed by atoms with Crippen LogP contribution in [-0.4, -0.2) is 72.5 Å². The van der Waals surface area contributed by atoms with Crippen molar-refractivity contribution in [2.24, 2.45) is 0 Å². The molecule has 2 aromatic rings. The number of nitrogens with one attached hydrogen (secondary N) is 1. The number of likely N-dealkylation sites (tertiary alicyclic amines) is 1. The van der Waals surface area contributed by atoms with Crippen molar-refractivity contribution < 1.29 is 22.9 Å². The molecule has 0 radical (unpaired) electrons. The number of anilines is 2. The van der Waals surface area contributed by atoms with Gasteiger partial charge in [0, 0.05) is 75.1 Å². The third kappa shape index (κ3) is 7.00. The Morgan fingerprint density at radius 3 is 2.32 bits per heavy atom. The van der Waals surface area contributed by atoms with E-state index in [0.717, 1.165) is 17.8 Å². The van der Waals surface area contributed by atoms with E-state index in [2.05, 4.69) is 15.1 Å². The van der Waals surface area contributed by atoms with Crippen LogP contribution in [0.3, 0.4) is 0 Å². The fourth-order valence-electron chi connectivity index (χ4n) is 4.90. The predicted molar refractivity (Wildman–Crippen MR) is 141 cm³/mol. The molecule has 0 atom stereocenters. The molecule has 38 heavy (non-hydrogen) atoms. The molecule has 206 valence electrons. The van der Waals surface area contributed by atoms with Gasteiger partial charge in [-0.15, -0.1) is 0 Å². The minimum atomic E-state index is -4.81. The minimum absolute atomic E-state index is 0.0581. The molecule has 0 unspecified atom stereocenters. The van der Waals surface area contributed by atoms with Crippen molar-refractivity contribution in [1.82, 2.24) is 9.80 Å². The fraction of sp³-hybridized carbons (Fsp3) is 0.480. The summed E-state index contributed by atoms with van der Waals surface area (Å²) < 4.78 is 39.7. The normalized spacial score (nSPS) is 17.5. The Kier molecular flexibility index (Phi) is 8.89. The lowest BCUT2D eigenvalue weighted by atomic mass is 10.0. The highest BCUT2D eigenvalue weighted by molar-refractivity contribution is 6.36. The van der Waals surface area contributed by atoms with Crippen LogP contribution in [0.4, 0.5) is 30.2 Å². The highest BCUT2D eigenvalue weighted by atomic mass is 35.5. The number of hydrogen-bond donors (Lipinski definition) is 1. The third-order valence-electron chi connectivity index (χ3n) is 6.98. The maximum Gasteiger partial charge on any atom is 0.423 e. The lowest BCUT2D eigenvalue weighted by Crippen LogP contribution is -2.49. The molecule has 2 aromatic carbocycles. The Morgan fingerprint density at radius 2 is 1.71 bits per heavy atom. The quantitative estimate of drug-likeness (QED) is 0.346. The van der Waals surface area contributed by atoms with E-state index in [1.54, 1.807) is 12.1 Å². The zero-order valence-corrected chi connectivity index (χ0v) is 22.0. The zero-order valence-electron chi connectivity index (χ0n) is 20.5. The second kappa shape index (κ2) is 12.0. The number of piperidine rings is 1. The van der Waals surface area contributed by atoms with Crippen LogP contribution in [0, 0.1) is 10.1 Å². The summed E-state index contributed by atoms with van der Waals surface area (Å²) in [6.45, 7) is 4.61. The Hall–Kier alpha value is -2.76. The van der Waals surface area contributed by atoms with Gasteiger partial charge < -0.3 is 20.0 Å². The lowest BCUT2D eigenvalue weighted by molar-refractivity contribution is -0.388. The minimum Gasteiger partial charge on any atom is -0.382 e.